The van der Waals surface area contributed by atoms with Crippen LogP contribution in [-0.2, 0) is 0 Å². The van der Waals surface area contributed by atoms with Crippen molar-refractivity contribution < 1.29 is 9.90 Å². The van der Waals surface area contributed by atoms with Crippen LogP contribution in [0.4, 0.5) is 0 Å². The van der Waals surface area contributed by atoms with E-state index in [0.717, 1.165) is 11.1 Å². The van der Waals surface area contributed by atoms with Gasteiger partial charge in [0.1, 0.15) is 0 Å². The number of hydrogen-bond donors (Lipinski definition) is 1. The monoisotopic (exact) mass is 238 g/mol. The number of aliphatic hydroxyl groups is 1. The van der Waals surface area contributed by atoms with Gasteiger partial charge in [0.05, 0.1) is 11.9 Å². The van der Waals surface area contributed by atoms with Gasteiger partial charge in [0.15, 0.2) is 5.78 Å². The highest BCUT2D eigenvalue weighted by Crippen LogP contribution is 2.18. The van der Waals surface area contributed by atoms with Gasteiger partial charge in [-0.3, -0.25) is 4.79 Å². The van der Waals surface area contributed by atoms with Crippen LogP contribution in [-0.4, -0.2) is 28.5 Å². The summed E-state index contributed by atoms with van der Waals surface area (Å²) in [6, 6.07) is 5.79. The smallest absolute Gasteiger partial charge is 0.175 e. The molecule has 0 radical (unpaired) electrons. The summed E-state index contributed by atoms with van der Waals surface area (Å²) in [6.45, 7) is 6.05. The highest BCUT2D eigenvalue weighted by molar-refractivity contribution is 8.00. The first-order chi connectivity index (χ1) is 7.56. The lowest BCUT2D eigenvalue weighted by molar-refractivity contribution is 0.0994. The van der Waals surface area contributed by atoms with E-state index in [1.165, 1.54) is 17.3 Å². The second-order valence-corrected chi connectivity index (χ2v) is 5.35. The van der Waals surface area contributed by atoms with E-state index in [9.17, 15) is 4.79 Å². The van der Waals surface area contributed by atoms with Crippen molar-refractivity contribution in [2.24, 2.45) is 0 Å². The molecule has 0 saturated carbocycles. The first-order valence-corrected chi connectivity index (χ1v) is 6.45. The lowest BCUT2D eigenvalue weighted by Gasteiger charge is -2.10. The van der Waals surface area contributed by atoms with E-state index in [-0.39, 0.29) is 17.6 Å². The lowest BCUT2D eigenvalue weighted by atomic mass is 10.0. The Morgan fingerprint density at radius 2 is 2.06 bits per heavy atom. The molecule has 1 atom stereocenters. The van der Waals surface area contributed by atoms with Gasteiger partial charge in [-0.25, -0.2) is 0 Å². The van der Waals surface area contributed by atoms with E-state index < -0.39 is 0 Å². The zero-order valence-corrected chi connectivity index (χ0v) is 10.8. The average molecular weight is 238 g/mol. The Hall–Kier alpha value is -0.800. The Morgan fingerprint density at radius 1 is 1.38 bits per heavy atom. The van der Waals surface area contributed by atoms with Crippen LogP contribution in [0.5, 0.6) is 0 Å². The minimum atomic E-state index is -0.0887. The van der Waals surface area contributed by atoms with Gasteiger partial charge < -0.3 is 5.11 Å². The van der Waals surface area contributed by atoms with E-state index in [0.29, 0.717) is 5.75 Å². The molecule has 3 heteroatoms. The van der Waals surface area contributed by atoms with Crippen LogP contribution < -0.4 is 0 Å². The van der Waals surface area contributed by atoms with Crippen molar-refractivity contribution in [3.8, 4) is 0 Å². The van der Waals surface area contributed by atoms with Crippen molar-refractivity contribution in [1.29, 1.82) is 0 Å². The predicted molar refractivity (Wildman–Crippen MR) is 69.3 cm³/mol. The minimum Gasteiger partial charge on any atom is -0.396 e. The summed E-state index contributed by atoms with van der Waals surface area (Å²) in [5, 5.41) is 8.63. The summed E-state index contributed by atoms with van der Waals surface area (Å²) in [5.41, 5.74) is 3.11. The molecule has 0 heterocycles. The summed E-state index contributed by atoms with van der Waals surface area (Å²) in [5.74, 6) is 0.749. The van der Waals surface area contributed by atoms with Crippen molar-refractivity contribution in [2.75, 3.05) is 12.4 Å². The third-order valence-corrected chi connectivity index (χ3v) is 3.75. The Morgan fingerprint density at radius 3 is 2.62 bits per heavy atom. The van der Waals surface area contributed by atoms with Gasteiger partial charge in [-0.1, -0.05) is 12.1 Å². The number of aliphatic hydroxyl groups excluding tert-OH is 1. The molecule has 0 fully saturated rings. The number of aryl methyl sites for hydroxylation is 2. The standard InChI is InChI=1S/C13H18O2S/c1-9-4-5-12(8-10(9)2)13(15)11(3)16-7-6-14/h4-5,8,11,14H,6-7H2,1-3H3. The summed E-state index contributed by atoms with van der Waals surface area (Å²) >= 11 is 1.49. The largest absolute Gasteiger partial charge is 0.396 e. The maximum Gasteiger partial charge on any atom is 0.175 e. The number of ketones is 1. The topological polar surface area (TPSA) is 37.3 Å². The van der Waals surface area contributed by atoms with E-state index in [1.807, 2.05) is 39.0 Å². The fraction of sp³-hybridized carbons (Fsp3) is 0.462. The maximum atomic E-state index is 12.0. The molecule has 0 aliphatic heterocycles. The molecule has 2 nitrogen and oxygen atoms in total. The fourth-order valence-electron chi connectivity index (χ4n) is 1.43. The molecule has 88 valence electrons. The van der Waals surface area contributed by atoms with Crippen molar-refractivity contribution in [2.45, 2.75) is 26.0 Å². The fourth-order valence-corrected chi connectivity index (χ4v) is 2.18. The van der Waals surface area contributed by atoms with Gasteiger partial charge in [0, 0.05) is 11.3 Å². The van der Waals surface area contributed by atoms with Crippen molar-refractivity contribution in [3.63, 3.8) is 0 Å². The van der Waals surface area contributed by atoms with Crippen molar-refractivity contribution >= 4 is 17.5 Å². The van der Waals surface area contributed by atoms with E-state index in [4.69, 9.17) is 5.11 Å². The van der Waals surface area contributed by atoms with Crippen LogP contribution >= 0.6 is 11.8 Å². The highest BCUT2D eigenvalue weighted by Gasteiger charge is 2.15. The summed E-state index contributed by atoms with van der Waals surface area (Å²) in [7, 11) is 0. The minimum absolute atomic E-state index is 0.0887. The van der Waals surface area contributed by atoms with Crippen molar-refractivity contribution in [1.82, 2.24) is 0 Å². The number of benzene rings is 1. The molecular weight excluding hydrogens is 220 g/mol. The van der Waals surface area contributed by atoms with Crippen LogP contribution in [0.1, 0.15) is 28.4 Å². The number of rotatable bonds is 5. The van der Waals surface area contributed by atoms with Crippen LogP contribution in [0.2, 0.25) is 0 Å². The molecule has 0 saturated heterocycles. The predicted octanol–water partition coefficient (Wildman–Crippen LogP) is 2.60. The Labute approximate surface area is 101 Å². The normalized spacial score (nSPS) is 12.5. The highest BCUT2D eigenvalue weighted by atomic mass is 32.2. The quantitative estimate of drug-likeness (QED) is 0.801. The molecule has 0 aliphatic rings. The van der Waals surface area contributed by atoms with E-state index in [2.05, 4.69) is 0 Å². The van der Waals surface area contributed by atoms with Gasteiger partial charge in [0.25, 0.3) is 0 Å². The molecule has 1 aromatic rings. The maximum absolute atomic E-state index is 12.0. The molecule has 0 amide bonds. The summed E-state index contributed by atoms with van der Waals surface area (Å²) in [4.78, 5) is 12.0. The first kappa shape index (κ1) is 13.3. The first-order valence-electron chi connectivity index (χ1n) is 5.40. The van der Waals surface area contributed by atoms with Gasteiger partial charge in [-0.05, 0) is 38.0 Å². The molecular formula is C13H18O2S. The van der Waals surface area contributed by atoms with Gasteiger partial charge >= 0.3 is 0 Å². The number of thioether (sulfide) groups is 1. The number of Topliss-reactive ketones (excluding diaryl/α,β-unsaturated/α-hetero) is 1. The third kappa shape index (κ3) is 3.35. The molecule has 1 aromatic carbocycles. The zero-order valence-electron chi connectivity index (χ0n) is 9.99. The van der Waals surface area contributed by atoms with Gasteiger partial charge in [0.2, 0.25) is 0 Å². The molecule has 0 spiro atoms. The van der Waals surface area contributed by atoms with Crippen LogP contribution in [0.15, 0.2) is 18.2 Å². The average Bonchev–Trinajstić information content (AvgIpc) is 2.28. The van der Waals surface area contributed by atoms with E-state index >= 15 is 0 Å². The molecule has 0 aliphatic carbocycles. The molecule has 1 N–H and O–H groups in total. The molecule has 0 bridgehead atoms. The van der Waals surface area contributed by atoms with Gasteiger partial charge in [-0.2, -0.15) is 0 Å². The molecule has 1 rings (SSSR count). The number of hydrogen-bond acceptors (Lipinski definition) is 3. The zero-order chi connectivity index (χ0) is 12.1. The molecule has 0 aromatic heterocycles. The van der Waals surface area contributed by atoms with E-state index in [1.54, 1.807) is 0 Å². The summed E-state index contributed by atoms with van der Waals surface area (Å²) < 4.78 is 0. The Kier molecular flexibility index (Phi) is 5.03. The Bertz CT molecular complexity index is 374. The second kappa shape index (κ2) is 6.06. The van der Waals surface area contributed by atoms with Crippen LogP contribution in [0, 0.1) is 13.8 Å². The van der Waals surface area contributed by atoms with Gasteiger partial charge in [-0.15, -0.1) is 11.8 Å². The van der Waals surface area contributed by atoms with Crippen LogP contribution in [0.3, 0.4) is 0 Å². The Balaban J connectivity index is 2.76. The van der Waals surface area contributed by atoms with Crippen molar-refractivity contribution in [3.05, 3.63) is 34.9 Å². The second-order valence-electron chi connectivity index (χ2n) is 3.90. The molecule has 1 unspecified atom stereocenters. The lowest BCUT2D eigenvalue weighted by Crippen LogP contribution is -2.15. The molecule has 16 heavy (non-hydrogen) atoms. The number of carbonyl (C=O) groups excluding carboxylic acids is 1. The summed E-state index contributed by atoms with van der Waals surface area (Å²) in [6.07, 6.45) is 0. The SMILES string of the molecule is Cc1ccc(C(=O)C(C)SCCO)cc1C. The van der Waals surface area contributed by atoms with Crippen LogP contribution in [0.25, 0.3) is 0 Å². The third-order valence-electron chi connectivity index (χ3n) is 2.62. The number of carbonyl (C=O) groups is 1.